The molecule has 0 aromatic heterocycles. The highest BCUT2D eigenvalue weighted by Gasteiger charge is 2.15. The van der Waals surface area contributed by atoms with Gasteiger partial charge in [0.2, 0.25) is 0 Å². The summed E-state index contributed by atoms with van der Waals surface area (Å²) in [6.07, 6.45) is 0.138. The second kappa shape index (κ2) is 4.29. The number of benzene rings is 1. The van der Waals surface area contributed by atoms with Gasteiger partial charge in [-0.05, 0) is 33.6 Å². The van der Waals surface area contributed by atoms with Gasteiger partial charge in [0.15, 0.2) is 0 Å². The molecule has 3 nitrogen and oxygen atoms in total. The van der Waals surface area contributed by atoms with E-state index in [0.29, 0.717) is 0 Å². The maximum atomic E-state index is 5.80. The maximum absolute atomic E-state index is 5.80. The average molecular weight is 257 g/mol. The molecule has 0 aliphatic carbocycles. The van der Waals surface area contributed by atoms with Gasteiger partial charge in [-0.25, -0.2) is 0 Å². The van der Waals surface area contributed by atoms with E-state index in [0.717, 1.165) is 35.4 Å². The minimum atomic E-state index is 0.138. The average Bonchev–Trinajstić information content (AvgIpc) is 2.23. The highest BCUT2D eigenvalue weighted by atomic mass is 79.9. The summed E-state index contributed by atoms with van der Waals surface area (Å²) in [5.41, 5.74) is 7.70. The first kappa shape index (κ1) is 9.96. The van der Waals surface area contributed by atoms with Gasteiger partial charge in [0, 0.05) is 23.2 Å². The summed E-state index contributed by atoms with van der Waals surface area (Å²) in [6.45, 7) is 2.56. The Morgan fingerprint density at radius 1 is 1.50 bits per heavy atom. The number of nitrogen functional groups attached to an aromatic ring is 1. The van der Waals surface area contributed by atoms with Crippen LogP contribution >= 0.6 is 15.9 Å². The van der Waals surface area contributed by atoms with Crippen molar-refractivity contribution in [3.8, 4) is 0 Å². The number of morpholine rings is 1. The molecule has 1 aliphatic heterocycles. The molecule has 0 spiro atoms. The van der Waals surface area contributed by atoms with Gasteiger partial charge in [-0.3, -0.25) is 0 Å². The molecule has 3 N–H and O–H groups in total. The fourth-order valence-electron chi connectivity index (χ4n) is 1.54. The van der Waals surface area contributed by atoms with Crippen LogP contribution in [0.15, 0.2) is 22.7 Å². The van der Waals surface area contributed by atoms with E-state index in [1.807, 2.05) is 18.2 Å². The molecule has 0 radical (unpaired) electrons. The van der Waals surface area contributed by atoms with Gasteiger partial charge >= 0.3 is 0 Å². The molecule has 1 aromatic carbocycles. The Balaban J connectivity index is 2.18. The minimum Gasteiger partial charge on any atom is -0.398 e. The molecule has 1 aromatic rings. The standard InChI is InChI=1S/C10H13BrN2O/c11-8-2-1-7(5-9(8)12)10-6-13-3-4-14-10/h1-2,5,10,13H,3-4,6,12H2. The van der Waals surface area contributed by atoms with Crippen molar-refractivity contribution in [2.45, 2.75) is 6.10 Å². The van der Waals surface area contributed by atoms with Gasteiger partial charge in [0.05, 0.1) is 12.7 Å². The predicted molar refractivity (Wildman–Crippen MR) is 60.1 cm³/mol. The first-order valence-corrected chi connectivity index (χ1v) is 5.44. The highest BCUT2D eigenvalue weighted by molar-refractivity contribution is 9.10. The van der Waals surface area contributed by atoms with E-state index in [4.69, 9.17) is 10.5 Å². The molecular formula is C10H13BrN2O. The van der Waals surface area contributed by atoms with Crippen LogP contribution in [-0.2, 0) is 4.74 Å². The Kier molecular flexibility index (Phi) is 3.05. The maximum Gasteiger partial charge on any atom is 0.0950 e. The molecule has 0 saturated carbocycles. The van der Waals surface area contributed by atoms with E-state index in [9.17, 15) is 0 Å². The first-order valence-electron chi connectivity index (χ1n) is 4.64. The number of nitrogens with one attached hydrogen (secondary N) is 1. The van der Waals surface area contributed by atoms with E-state index >= 15 is 0 Å². The third-order valence-corrected chi connectivity index (χ3v) is 3.04. The van der Waals surface area contributed by atoms with Gasteiger partial charge < -0.3 is 15.8 Å². The van der Waals surface area contributed by atoms with Crippen LogP contribution in [0.5, 0.6) is 0 Å². The zero-order chi connectivity index (χ0) is 9.97. The van der Waals surface area contributed by atoms with Crippen molar-refractivity contribution in [2.24, 2.45) is 0 Å². The van der Waals surface area contributed by atoms with Crippen molar-refractivity contribution < 1.29 is 4.74 Å². The number of rotatable bonds is 1. The van der Waals surface area contributed by atoms with Crippen molar-refractivity contribution in [1.29, 1.82) is 0 Å². The summed E-state index contributed by atoms with van der Waals surface area (Å²) in [5, 5.41) is 3.29. The lowest BCUT2D eigenvalue weighted by molar-refractivity contribution is 0.0277. The molecule has 1 unspecified atom stereocenters. The fraction of sp³-hybridized carbons (Fsp3) is 0.400. The van der Waals surface area contributed by atoms with Crippen LogP contribution in [0.2, 0.25) is 0 Å². The van der Waals surface area contributed by atoms with E-state index in [1.165, 1.54) is 0 Å². The number of hydrogen-bond acceptors (Lipinski definition) is 3. The van der Waals surface area contributed by atoms with E-state index in [-0.39, 0.29) is 6.10 Å². The summed E-state index contributed by atoms with van der Waals surface area (Å²) >= 11 is 3.37. The summed E-state index contributed by atoms with van der Waals surface area (Å²) in [5.74, 6) is 0. The third kappa shape index (κ3) is 2.08. The number of hydrogen-bond donors (Lipinski definition) is 2. The second-order valence-electron chi connectivity index (χ2n) is 3.34. The number of nitrogens with two attached hydrogens (primary N) is 1. The van der Waals surface area contributed by atoms with Gasteiger partial charge in [0.1, 0.15) is 0 Å². The Labute approximate surface area is 91.8 Å². The molecule has 2 rings (SSSR count). The van der Waals surface area contributed by atoms with Gasteiger partial charge in [-0.15, -0.1) is 0 Å². The quantitative estimate of drug-likeness (QED) is 0.753. The molecule has 1 fully saturated rings. The smallest absolute Gasteiger partial charge is 0.0950 e. The molecule has 1 atom stereocenters. The molecule has 76 valence electrons. The van der Waals surface area contributed by atoms with Crippen molar-refractivity contribution in [3.05, 3.63) is 28.2 Å². The molecule has 1 aliphatic rings. The lowest BCUT2D eigenvalue weighted by Crippen LogP contribution is -2.33. The highest BCUT2D eigenvalue weighted by Crippen LogP contribution is 2.25. The zero-order valence-corrected chi connectivity index (χ0v) is 9.38. The molecule has 0 bridgehead atoms. The van der Waals surface area contributed by atoms with Crippen molar-refractivity contribution >= 4 is 21.6 Å². The zero-order valence-electron chi connectivity index (χ0n) is 7.79. The summed E-state index contributed by atoms with van der Waals surface area (Å²) in [4.78, 5) is 0. The molecule has 1 saturated heterocycles. The Hall–Kier alpha value is -0.580. The number of halogens is 1. The van der Waals surface area contributed by atoms with Crippen molar-refractivity contribution in [3.63, 3.8) is 0 Å². The van der Waals surface area contributed by atoms with Crippen LogP contribution in [0, 0.1) is 0 Å². The summed E-state index contributed by atoms with van der Waals surface area (Å²) in [6, 6.07) is 5.96. The number of ether oxygens (including phenoxy) is 1. The molecule has 4 heteroatoms. The van der Waals surface area contributed by atoms with Crippen LogP contribution in [-0.4, -0.2) is 19.7 Å². The SMILES string of the molecule is Nc1cc(C2CNCCO2)ccc1Br. The van der Waals surface area contributed by atoms with Crippen LogP contribution in [0.3, 0.4) is 0 Å². The Morgan fingerprint density at radius 3 is 3.00 bits per heavy atom. The number of anilines is 1. The topological polar surface area (TPSA) is 47.3 Å². The van der Waals surface area contributed by atoms with Crippen LogP contribution < -0.4 is 11.1 Å². The van der Waals surface area contributed by atoms with Gasteiger partial charge in [-0.1, -0.05) is 6.07 Å². The summed E-state index contributed by atoms with van der Waals surface area (Å²) < 4.78 is 6.56. The first-order chi connectivity index (χ1) is 6.77. The second-order valence-corrected chi connectivity index (χ2v) is 4.20. The van der Waals surface area contributed by atoms with E-state index < -0.39 is 0 Å². The normalized spacial score (nSPS) is 22.2. The lowest BCUT2D eigenvalue weighted by atomic mass is 10.1. The Bertz CT molecular complexity index is 324. The largest absolute Gasteiger partial charge is 0.398 e. The van der Waals surface area contributed by atoms with Crippen molar-refractivity contribution in [1.82, 2.24) is 5.32 Å². The van der Waals surface area contributed by atoms with Gasteiger partial charge in [-0.2, -0.15) is 0 Å². The van der Waals surface area contributed by atoms with Gasteiger partial charge in [0.25, 0.3) is 0 Å². The summed E-state index contributed by atoms with van der Waals surface area (Å²) in [7, 11) is 0. The third-order valence-electron chi connectivity index (χ3n) is 2.32. The fourth-order valence-corrected chi connectivity index (χ4v) is 1.79. The van der Waals surface area contributed by atoms with E-state index in [2.05, 4.69) is 21.2 Å². The predicted octanol–water partition coefficient (Wildman–Crippen LogP) is 1.69. The lowest BCUT2D eigenvalue weighted by Gasteiger charge is -2.24. The molecule has 1 heterocycles. The van der Waals surface area contributed by atoms with Crippen LogP contribution in [0.1, 0.15) is 11.7 Å². The van der Waals surface area contributed by atoms with Crippen LogP contribution in [0.4, 0.5) is 5.69 Å². The monoisotopic (exact) mass is 256 g/mol. The molecular weight excluding hydrogens is 244 g/mol. The minimum absolute atomic E-state index is 0.138. The van der Waals surface area contributed by atoms with E-state index in [1.54, 1.807) is 0 Å². The van der Waals surface area contributed by atoms with Crippen molar-refractivity contribution in [2.75, 3.05) is 25.4 Å². The molecule has 0 amide bonds. The van der Waals surface area contributed by atoms with Crippen LogP contribution in [0.25, 0.3) is 0 Å². The molecule has 14 heavy (non-hydrogen) atoms. The Morgan fingerprint density at radius 2 is 2.36 bits per heavy atom.